The number of allylic oxidation sites excluding steroid dienone is 1. The average Bonchev–Trinajstić information content (AvgIpc) is 2.46. The van der Waals surface area contributed by atoms with E-state index in [1.54, 1.807) is 6.92 Å². The Bertz CT molecular complexity index is 347. The van der Waals surface area contributed by atoms with Gasteiger partial charge in [0.15, 0.2) is 5.78 Å². The molecule has 2 rings (SSSR count). The van der Waals surface area contributed by atoms with Gasteiger partial charge in [-0.15, -0.1) is 0 Å². The topological polar surface area (TPSA) is 22.0 Å². The maximum Gasteiger partial charge on any atom is 0.161 e. The summed E-state index contributed by atoms with van der Waals surface area (Å²) in [5.41, 5.74) is 1.96. The zero-order valence-electron chi connectivity index (χ0n) is 7.08. The van der Waals surface area contributed by atoms with Crippen molar-refractivity contribution in [3.05, 3.63) is 29.6 Å². The number of aryl methyl sites for hydroxylation is 1. The Morgan fingerprint density at radius 3 is 3.08 bits per heavy atom. The van der Waals surface area contributed by atoms with Crippen LogP contribution in [0.3, 0.4) is 0 Å². The van der Waals surface area contributed by atoms with Crippen LogP contribution >= 0.6 is 0 Å². The molecule has 0 N–H and O–H groups in total. The molecule has 1 aliphatic rings. The second-order valence-corrected chi connectivity index (χ2v) is 3.09. The predicted molar refractivity (Wildman–Crippen MR) is 48.1 cm³/mol. The molecule has 0 unspecified atom stereocenters. The molecule has 0 amide bonds. The lowest BCUT2D eigenvalue weighted by Crippen LogP contribution is -2.00. The number of ketones is 1. The number of hydrogen-bond donors (Lipinski definition) is 0. The first-order chi connectivity index (χ1) is 5.77. The molecule has 0 fully saturated rings. The third-order valence-corrected chi connectivity index (χ3v) is 2.16. The maximum absolute atomic E-state index is 11.0. The van der Waals surface area contributed by atoms with Crippen LogP contribution < -0.4 is 0 Å². The van der Waals surface area contributed by atoms with E-state index in [1.807, 2.05) is 12.3 Å². The van der Waals surface area contributed by atoms with Crippen LogP contribution in [-0.4, -0.2) is 10.4 Å². The van der Waals surface area contributed by atoms with Gasteiger partial charge in [-0.1, -0.05) is 6.08 Å². The van der Waals surface area contributed by atoms with Crippen LogP contribution in [0.2, 0.25) is 0 Å². The summed E-state index contributed by atoms with van der Waals surface area (Å²) in [6.45, 7) is 2.60. The number of fused-ring (bicyclic) bond motifs is 1. The van der Waals surface area contributed by atoms with Gasteiger partial charge in [0.2, 0.25) is 0 Å². The van der Waals surface area contributed by atoms with Gasteiger partial charge in [0.05, 0.1) is 0 Å². The van der Waals surface area contributed by atoms with Crippen LogP contribution in [0.1, 0.15) is 29.4 Å². The molecule has 0 aliphatic carbocycles. The van der Waals surface area contributed by atoms with E-state index >= 15 is 0 Å². The molecule has 0 saturated heterocycles. The van der Waals surface area contributed by atoms with Crippen LogP contribution in [0, 0.1) is 0 Å². The van der Waals surface area contributed by atoms with Crippen LogP contribution in [0.15, 0.2) is 18.3 Å². The van der Waals surface area contributed by atoms with Gasteiger partial charge in [-0.3, -0.25) is 4.79 Å². The van der Waals surface area contributed by atoms with E-state index in [1.165, 1.54) is 0 Å². The smallest absolute Gasteiger partial charge is 0.161 e. The van der Waals surface area contributed by atoms with Gasteiger partial charge < -0.3 is 4.57 Å². The highest BCUT2D eigenvalue weighted by molar-refractivity contribution is 5.94. The Morgan fingerprint density at radius 2 is 2.42 bits per heavy atom. The predicted octanol–water partition coefficient (Wildman–Crippen LogP) is 2.11. The third kappa shape index (κ3) is 1.09. The summed E-state index contributed by atoms with van der Waals surface area (Å²) in [4.78, 5) is 11.0. The molecule has 62 valence electrons. The van der Waals surface area contributed by atoms with Crippen molar-refractivity contribution >= 4 is 11.9 Å². The molecule has 12 heavy (non-hydrogen) atoms. The number of hydrogen-bond acceptors (Lipinski definition) is 1. The van der Waals surface area contributed by atoms with Crippen molar-refractivity contribution in [2.75, 3.05) is 0 Å². The van der Waals surface area contributed by atoms with Gasteiger partial charge in [-0.2, -0.15) is 0 Å². The third-order valence-electron chi connectivity index (χ3n) is 2.16. The molecule has 2 nitrogen and oxygen atoms in total. The monoisotopic (exact) mass is 161 g/mol. The Kier molecular flexibility index (Phi) is 1.61. The second kappa shape index (κ2) is 2.63. The fraction of sp³-hybridized carbons (Fsp3) is 0.300. The van der Waals surface area contributed by atoms with E-state index in [0.29, 0.717) is 0 Å². The molecule has 0 radical (unpaired) electrons. The van der Waals surface area contributed by atoms with E-state index in [4.69, 9.17) is 0 Å². The van der Waals surface area contributed by atoms with Crippen LogP contribution in [-0.2, 0) is 6.54 Å². The number of Topliss-reactive ketones (excluding diaryl/α,β-unsaturated/α-hetero) is 1. The number of carbonyl (C=O) groups is 1. The standard InChI is InChI=1S/C10H11NO/c1-8(12)9-6-10-4-2-3-5-11(10)7-9/h2,4,6-7H,3,5H2,1H3. The lowest BCUT2D eigenvalue weighted by Gasteiger charge is -2.07. The molecule has 0 bridgehead atoms. The summed E-state index contributed by atoms with van der Waals surface area (Å²) >= 11 is 0. The van der Waals surface area contributed by atoms with E-state index in [2.05, 4.69) is 16.7 Å². The molecule has 1 aromatic rings. The normalized spacial score (nSPS) is 14.4. The average molecular weight is 161 g/mol. The van der Waals surface area contributed by atoms with Crippen molar-refractivity contribution in [3.63, 3.8) is 0 Å². The minimum Gasteiger partial charge on any atom is -0.347 e. The van der Waals surface area contributed by atoms with E-state index in [-0.39, 0.29) is 5.78 Å². The molecule has 1 aliphatic heterocycles. The van der Waals surface area contributed by atoms with Crippen molar-refractivity contribution in [1.29, 1.82) is 0 Å². The van der Waals surface area contributed by atoms with Crippen molar-refractivity contribution in [2.24, 2.45) is 0 Å². The highest BCUT2D eigenvalue weighted by atomic mass is 16.1. The summed E-state index contributed by atoms with van der Waals surface area (Å²) in [6, 6.07) is 1.94. The van der Waals surface area contributed by atoms with E-state index in [9.17, 15) is 4.79 Å². The zero-order valence-corrected chi connectivity index (χ0v) is 7.08. The van der Waals surface area contributed by atoms with Crippen molar-refractivity contribution in [2.45, 2.75) is 19.9 Å². The summed E-state index contributed by atoms with van der Waals surface area (Å²) in [7, 11) is 0. The molecular formula is C10H11NO. The number of carbonyl (C=O) groups excluding carboxylic acids is 1. The summed E-state index contributed by atoms with van der Waals surface area (Å²) in [5, 5.41) is 0. The van der Waals surface area contributed by atoms with E-state index < -0.39 is 0 Å². The van der Waals surface area contributed by atoms with Crippen LogP contribution in [0.25, 0.3) is 6.08 Å². The Hall–Kier alpha value is -1.31. The Labute approximate surface area is 71.5 Å². The fourth-order valence-corrected chi connectivity index (χ4v) is 1.47. The first kappa shape index (κ1) is 7.35. The van der Waals surface area contributed by atoms with Gasteiger partial charge in [0.1, 0.15) is 0 Å². The minimum absolute atomic E-state index is 0.144. The molecule has 0 aromatic carbocycles. The van der Waals surface area contributed by atoms with Crippen molar-refractivity contribution < 1.29 is 4.79 Å². The molecule has 2 heteroatoms. The van der Waals surface area contributed by atoms with Gasteiger partial charge in [-0.05, 0) is 25.5 Å². The molecule has 0 atom stereocenters. The molecule has 1 aromatic heterocycles. The lowest BCUT2D eigenvalue weighted by molar-refractivity contribution is 0.101. The van der Waals surface area contributed by atoms with E-state index in [0.717, 1.165) is 24.2 Å². The van der Waals surface area contributed by atoms with Gasteiger partial charge in [0, 0.05) is 24.0 Å². The first-order valence-corrected chi connectivity index (χ1v) is 4.15. The number of rotatable bonds is 1. The number of nitrogens with zero attached hydrogens (tertiary/aromatic N) is 1. The highest BCUT2D eigenvalue weighted by Gasteiger charge is 2.08. The van der Waals surface area contributed by atoms with Crippen LogP contribution in [0.5, 0.6) is 0 Å². The van der Waals surface area contributed by atoms with Crippen molar-refractivity contribution in [1.82, 2.24) is 4.57 Å². The molecular weight excluding hydrogens is 150 g/mol. The molecule has 0 spiro atoms. The fourth-order valence-electron chi connectivity index (χ4n) is 1.47. The van der Waals surface area contributed by atoms with Gasteiger partial charge in [-0.25, -0.2) is 0 Å². The summed E-state index contributed by atoms with van der Waals surface area (Å²) in [5.74, 6) is 0.144. The summed E-state index contributed by atoms with van der Waals surface area (Å²) < 4.78 is 2.12. The number of aromatic nitrogens is 1. The lowest BCUT2D eigenvalue weighted by atomic mass is 10.2. The Morgan fingerprint density at radius 1 is 1.58 bits per heavy atom. The largest absolute Gasteiger partial charge is 0.347 e. The van der Waals surface area contributed by atoms with Crippen LogP contribution in [0.4, 0.5) is 0 Å². The van der Waals surface area contributed by atoms with Crippen molar-refractivity contribution in [3.8, 4) is 0 Å². The maximum atomic E-state index is 11.0. The molecule has 2 heterocycles. The van der Waals surface area contributed by atoms with Gasteiger partial charge >= 0.3 is 0 Å². The summed E-state index contributed by atoms with van der Waals surface area (Å²) in [6.07, 6.45) is 7.20. The quantitative estimate of drug-likeness (QED) is 0.578. The second-order valence-electron chi connectivity index (χ2n) is 3.09. The zero-order chi connectivity index (χ0) is 8.55. The van der Waals surface area contributed by atoms with Gasteiger partial charge in [0.25, 0.3) is 0 Å². The first-order valence-electron chi connectivity index (χ1n) is 4.15. The highest BCUT2D eigenvalue weighted by Crippen LogP contribution is 2.16. The minimum atomic E-state index is 0.144. The molecule has 0 saturated carbocycles. The Balaban J connectivity index is 2.46. The SMILES string of the molecule is CC(=O)c1cc2n(c1)CCC=C2.